The van der Waals surface area contributed by atoms with E-state index in [1.54, 1.807) is 6.08 Å². The van der Waals surface area contributed by atoms with Gasteiger partial charge in [-0.15, -0.1) is 10.2 Å². The van der Waals surface area contributed by atoms with Crippen molar-refractivity contribution in [1.82, 2.24) is 10.2 Å². The summed E-state index contributed by atoms with van der Waals surface area (Å²) in [5.41, 5.74) is 2.07. The Morgan fingerprint density at radius 2 is 2.00 bits per heavy atom. The number of carboxylic acid groups (broad SMARTS) is 1. The maximum atomic E-state index is 11.7. The monoisotopic (exact) mass is 303 g/mol. The van der Waals surface area contributed by atoms with Crippen LogP contribution in [0.3, 0.4) is 0 Å². The number of hydrogen-bond donors (Lipinski definition) is 2. The van der Waals surface area contributed by atoms with Crippen LogP contribution >= 0.6 is 11.3 Å². The van der Waals surface area contributed by atoms with Crippen molar-refractivity contribution in [2.75, 3.05) is 5.32 Å². The van der Waals surface area contributed by atoms with E-state index in [0.717, 1.165) is 22.5 Å². The molecular weight excluding hydrogens is 290 g/mol. The Labute approximate surface area is 125 Å². The maximum Gasteiger partial charge on any atom is 0.310 e. The minimum atomic E-state index is -0.983. The Balaban J connectivity index is 1.93. The lowest BCUT2D eigenvalue weighted by Crippen LogP contribution is -2.07. The number of aryl methyl sites for hydroxylation is 1. The molecule has 0 atom stereocenters. The Kier molecular flexibility index (Phi) is 4.78. The first-order chi connectivity index (χ1) is 10.0. The topological polar surface area (TPSA) is 92.2 Å². The Hall–Kier alpha value is -2.54. The Morgan fingerprint density at radius 1 is 1.29 bits per heavy atom. The molecule has 108 valence electrons. The van der Waals surface area contributed by atoms with Crippen LogP contribution in [-0.4, -0.2) is 27.2 Å². The summed E-state index contributed by atoms with van der Waals surface area (Å²) in [5.74, 6) is -1.32. The van der Waals surface area contributed by atoms with E-state index in [1.165, 1.54) is 6.08 Å². The largest absolute Gasteiger partial charge is 0.481 e. The summed E-state index contributed by atoms with van der Waals surface area (Å²) in [6.45, 7) is 1.99. The lowest BCUT2D eigenvalue weighted by molar-refractivity contribution is -0.136. The van der Waals surface area contributed by atoms with Gasteiger partial charge in [-0.25, -0.2) is 0 Å². The first-order valence-electron chi connectivity index (χ1n) is 6.13. The van der Waals surface area contributed by atoms with E-state index in [-0.39, 0.29) is 17.5 Å². The molecule has 1 aromatic carbocycles. The number of amides is 1. The Morgan fingerprint density at radius 3 is 2.67 bits per heavy atom. The van der Waals surface area contributed by atoms with Crippen molar-refractivity contribution in [2.24, 2.45) is 0 Å². The standard InChI is InChI=1S/C14H13N3O3S/c1-9-2-4-10(5-3-9)6-7-11(18)15-14-17-16-12(21-14)8-13(19)20/h2-7H,8H2,1H3,(H,19,20)(H,15,17,18)/b7-6+. The number of nitrogens with zero attached hydrogens (tertiary/aromatic N) is 2. The normalized spacial score (nSPS) is 10.7. The van der Waals surface area contributed by atoms with E-state index in [1.807, 2.05) is 31.2 Å². The third-order valence-electron chi connectivity index (χ3n) is 2.50. The molecule has 0 fully saturated rings. The predicted molar refractivity (Wildman–Crippen MR) is 80.1 cm³/mol. The third kappa shape index (κ3) is 4.81. The molecule has 21 heavy (non-hydrogen) atoms. The fourth-order valence-corrected chi connectivity index (χ4v) is 2.24. The summed E-state index contributed by atoms with van der Waals surface area (Å²) in [5, 5.41) is 19.2. The smallest absolute Gasteiger partial charge is 0.310 e. The molecular formula is C14H13N3O3S. The minimum absolute atomic E-state index is 0.202. The van der Waals surface area contributed by atoms with Crippen molar-refractivity contribution >= 4 is 34.4 Å². The van der Waals surface area contributed by atoms with Crippen LogP contribution in [0, 0.1) is 6.92 Å². The molecule has 1 heterocycles. The molecule has 2 N–H and O–H groups in total. The number of aliphatic carboxylic acids is 1. The lowest BCUT2D eigenvalue weighted by atomic mass is 10.1. The van der Waals surface area contributed by atoms with Crippen LogP contribution in [-0.2, 0) is 16.0 Å². The Bertz CT molecular complexity index is 677. The summed E-state index contributed by atoms with van der Waals surface area (Å²) in [7, 11) is 0. The summed E-state index contributed by atoms with van der Waals surface area (Å²) < 4.78 is 0. The van der Waals surface area contributed by atoms with Crippen molar-refractivity contribution < 1.29 is 14.7 Å². The average molecular weight is 303 g/mol. The van der Waals surface area contributed by atoms with E-state index in [2.05, 4.69) is 15.5 Å². The number of carbonyl (C=O) groups is 2. The van der Waals surface area contributed by atoms with E-state index in [0.29, 0.717) is 5.01 Å². The number of rotatable bonds is 5. The van der Waals surface area contributed by atoms with Crippen LogP contribution in [0.15, 0.2) is 30.3 Å². The number of carbonyl (C=O) groups excluding carboxylic acids is 1. The minimum Gasteiger partial charge on any atom is -0.481 e. The number of aromatic nitrogens is 2. The number of hydrogen-bond acceptors (Lipinski definition) is 5. The zero-order chi connectivity index (χ0) is 15.2. The van der Waals surface area contributed by atoms with E-state index in [9.17, 15) is 9.59 Å². The number of nitrogens with one attached hydrogen (secondary N) is 1. The first-order valence-corrected chi connectivity index (χ1v) is 6.94. The molecule has 6 nitrogen and oxygen atoms in total. The molecule has 0 spiro atoms. The molecule has 0 saturated heterocycles. The molecule has 0 radical (unpaired) electrons. The highest BCUT2D eigenvalue weighted by atomic mass is 32.1. The second-order valence-electron chi connectivity index (χ2n) is 4.30. The van der Waals surface area contributed by atoms with Gasteiger partial charge >= 0.3 is 5.97 Å². The fraction of sp³-hybridized carbons (Fsp3) is 0.143. The molecule has 2 aromatic rings. The average Bonchev–Trinajstić information content (AvgIpc) is 2.84. The molecule has 7 heteroatoms. The highest BCUT2D eigenvalue weighted by molar-refractivity contribution is 7.15. The van der Waals surface area contributed by atoms with Gasteiger partial charge in [0.15, 0.2) is 0 Å². The van der Waals surface area contributed by atoms with Crippen LogP contribution in [0.1, 0.15) is 16.1 Å². The zero-order valence-corrected chi connectivity index (χ0v) is 12.1. The van der Waals surface area contributed by atoms with Crippen LogP contribution in [0.5, 0.6) is 0 Å². The second-order valence-corrected chi connectivity index (χ2v) is 5.37. The zero-order valence-electron chi connectivity index (χ0n) is 11.2. The van der Waals surface area contributed by atoms with E-state index < -0.39 is 5.97 Å². The lowest BCUT2D eigenvalue weighted by Gasteiger charge is -1.96. The molecule has 2 rings (SSSR count). The SMILES string of the molecule is Cc1ccc(/C=C/C(=O)Nc2nnc(CC(=O)O)s2)cc1. The van der Waals surface area contributed by atoms with Crippen molar-refractivity contribution in [1.29, 1.82) is 0 Å². The van der Waals surface area contributed by atoms with Crippen molar-refractivity contribution in [3.8, 4) is 0 Å². The first kappa shape index (κ1) is 14.9. The molecule has 0 aliphatic heterocycles. The van der Waals surface area contributed by atoms with Crippen LogP contribution < -0.4 is 5.32 Å². The highest BCUT2D eigenvalue weighted by Crippen LogP contribution is 2.15. The quantitative estimate of drug-likeness (QED) is 0.825. The third-order valence-corrected chi connectivity index (χ3v) is 3.34. The summed E-state index contributed by atoms with van der Waals surface area (Å²) in [6, 6.07) is 7.74. The summed E-state index contributed by atoms with van der Waals surface area (Å²) >= 11 is 1.04. The summed E-state index contributed by atoms with van der Waals surface area (Å²) in [4.78, 5) is 22.2. The van der Waals surface area contributed by atoms with Gasteiger partial charge in [-0.1, -0.05) is 41.2 Å². The number of benzene rings is 1. The van der Waals surface area contributed by atoms with Gasteiger partial charge in [-0.05, 0) is 18.6 Å². The molecule has 0 aliphatic carbocycles. The number of carboxylic acids is 1. The van der Waals surface area contributed by atoms with E-state index in [4.69, 9.17) is 5.11 Å². The molecule has 1 amide bonds. The molecule has 0 aliphatic rings. The van der Waals surface area contributed by atoms with Crippen LogP contribution in [0.4, 0.5) is 5.13 Å². The van der Waals surface area contributed by atoms with E-state index >= 15 is 0 Å². The maximum absolute atomic E-state index is 11.7. The predicted octanol–water partition coefficient (Wildman–Crippen LogP) is 2.13. The van der Waals surface area contributed by atoms with Gasteiger partial charge in [0.1, 0.15) is 5.01 Å². The van der Waals surface area contributed by atoms with Crippen molar-refractivity contribution in [3.63, 3.8) is 0 Å². The molecule has 0 saturated carbocycles. The number of anilines is 1. The second kappa shape index (κ2) is 6.76. The molecule has 0 bridgehead atoms. The molecule has 1 aromatic heterocycles. The van der Waals surface area contributed by atoms with Gasteiger partial charge in [0.05, 0.1) is 6.42 Å². The fourth-order valence-electron chi connectivity index (χ4n) is 1.50. The van der Waals surface area contributed by atoms with Crippen LogP contribution in [0.25, 0.3) is 6.08 Å². The van der Waals surface area contributed by atoms with Gasteiger partial charge < -0.3 is 5.11 Å². The van der Waals surface area contributed by atoms with Gasteiger partial charge in [-0.3, -0.25) is 14.9 Å². The van der Waals surface area contributed by atoms with Gasteiger partial charge in [0.25, 0.3) is 0 Å². The van der Waals surface area contributed by atoms with Crippen LogP contribution in [0.2, 0.25) is 0 Å². The van der Waals surface area contributed by atoms with Gasteiger partial charge in [0.2, 0.25) is 11.0 Å². The highest BCUT2D eigenvalue weighted by Gasteiger charge is 2.09. The van der Waals surface area contributed by atoms with Gasteiger partial charge in [0, 0.05) is 6.08 Å². The summed E-state index contributed by atoms with van der Waals surface area (Å²) in [6.07, 6.45) is 2.88. The van der Waals surface area contributed by atoms with Gasteiger partial charge in [-0.2, -0.15) is 0 Å². The van der Waals surface area contributed by atoms with Crippen molar-refractivity contribution in [2.45, 2.75) is 13.3 Å². The molecule has 0 unspecified atom stereocenters. The van der Waals surface area contributed by atoms with Crippen molar-refractivity contribution in [3.05, 3.63) is 46.5 Å².